The highest BCUT2D eigenvalue weighted by Crippen LogP contribution is 2.47. The third-order valence-electron chi connectivity index (χ3n) is 5.67. The van der Waals surface area contributed by atoms with Crippen molar-refractivity contribution in [3.8, 4) is 0 Å². The summed E-state index contributed by atoms with van der Waals surface area (Å²) in [7, 11) is 0. The number of rotatable bonds is 2. The van der Waals surface area contributed by atoms with Crippen molar-refractivity contribution >= 4 is 0 Å². The molecule has 2 atom stereocenters. The third-order valence-corrected chi connectivity index (χ3v) is 5.67. The summed E-state index contributed by atoms with van der Waals surface area (Å²) in [5, 5.41) is 11.3. The van der Waals surface area contributed by atoms with E-state index in [1.165, 1.54) is 43.4 Å². The molecule has 0 aromatic heterocycles. The average Bonchev–Trinajstić information content (AvgIpc) is 2.93. The fourth-order valence-electron chi connectivity index (χ4n) is 4.40. The van der Waals surface area contributed by atoms with Gasteiger partial charge in [-0.3, -0.25) is 4.90 Å². The Bertz CT molecular complexity index is 482. The number of hydrogen-bond donors (Lipinski definition) is 1. The second-order valence-electron chi connectivity index (χ2n) is 6.58. The smallest absolute Gasteiger partial charge is 0.107 e. The Morgan fingerprint density at radius 2 is 1.89 bits per heavy atom. The fourth-order valence-corrected chi connectivity index (χ4v) is 4.40. The SMILES string of the molecule is OC1(c2ccccc2C2CCC2)CCN2CCCC21. The first-order valence-electron chi connectivity index (χ1n) is 7.85. The lowest BCUT2D eigenvalue weighted by atomic mass is 9.73. The Morgan fingerprint density at radius 1 is 1.05 bits per heavy atom. The lowest BCUT2D eigenvalue weighted by Crippen LogP contribution is -2.39. The minimum absolute atomic E-state index is 0.369. The first-order valence-corrected chi connectivity index (χ1v) is 7.85. The van der Waals surface area contributed by atoms with E-state index in [0.29, 0.717) is 12.0 Å². The van der Waals surface area contributed by atoms with E-state index < -0.39 is 5.60 Å². The summed E-state index contributed by atoms with van der Waals surface area (Å²) >= 11 is 0. The molecule has 102 valence electrons. The molecule has 0 radical (unpaired) electrons. The van der Waals surface area contributed by atoms with E-state index in [2.05, 4.69) is 29.2 Å². The highest BCUT2D eigenvalue weighted by atomic mass is 16.3. The molecular weight excluding hydrogens is 234 g/mol. The molecule has 1 N–H and O–H groups in total. The Balaban J connectivity index is 1.75. The lowest BCUT2D eigenvalue weighted by Gasteiger charge is -2.36. The number of nitrogens with zero attached hydrogens (tertiary/aromatic N) is 1. The molecule has 19 heavy (non-hydrogen) atoms. The Labute approximate surface area is 115 Å². The molecule has 0 spiro atoms. The van der Waals surface area contributed by atoms with Gasteiger partial charge in [0.25, 0.3) is 0 Å². The summed E-state index contributed by atoms with van der Waals surface area (Å²) in [6.07, 6.45) is 7.30. The van der Waals surface area contributed by atoms with Crippen molar-refractivity contribution < 1.29 is 5.11 Å². The molecular formula is C17H23NO. The maximum atomic E-state index is 11.3. The predicted molar refractivity (Wildman–Crippen MR) is 76.1 cm³/mol. The standard InChI is InChI=1S/C17H23NO/c19-17(10-12-18-11-4-9-16(17)18)15-8-2-1-7-14(15)13-5-3-6-13/h1-2,7-8,13,16,19H,3-6,9-12H2. The minimum Gasteiger partial charge on any atom is -0.383 e. The van der Waals surface area contributed by atoms with Crippen LogP contribution in [-0.2, 0) is 5.60 Å². The van der Waals surface area contributed by atoms with Crippen LogP contribution in [0.25, 0.3) is 0 Å². The highest BCUT2D eigenvalue weighted by molar-refractivity contribution is 5.38. The average molecular weight is 257 g/mol. The molecule has 2 unspecified atom stereocenters. The molecule has 1 saturated carbocycles. The molecule has 4 rings (SSSR count). The zero-order valence-electron chi connectivity index (χ0n) is 11.5. The summed E-state index contributed by atoms with van der Waals surface area (Å²) in [5.41, 5.74) is 2.10. The van der Waals surface area contributed by atoms with Crippen LogP contribution in [0, 0.1) is 0 Å². The van der Waals surface area contributed by atoms with Crippen LogP contribution in [0.2, 0.25) is 0 Å². The van der Waals surface area contributed by atoms with Gasteiger partial charge in [-0.25, -0.2) is 0 Å². The van der Waals surface area contributed by atoms with Crippen molar-refractivity contribution in [3.05, 3.63) is 35.4 Å². The van der Waals surface area contributed by atoms with Crippen LogP contribution in [0.3, 0.4) is 0 Å². The topological polar surface area (TPSA) is 23.5 Å². The van der Waals surface area contributed by atoms with E-state index in [0.717, 1.165) is 19.4 Å². The fraction of sp³-hybridized carbons (Fsp3) is 0.647. The van der Waals surface area contributed by atoms with Gasteiger partial charge in [-0.15, -0.1) is 0 Å². The zero-order valence-corrected chi connectivity index (χ0v) is 11.5. The van der Waals surface area contributed by atoms with Gasteiger partial charge >= 0.3 is 0 Å². The molecule has 2 heteroatoms. The van der Waals surface area contributed by atoms with E-state index in [-0.39, 0.29) is 0 Å². The van der Waals surface area contributed by atoms with E-state index in [1.54, 1.807) is 0 Å². The maximum Gasteiger partial charge on any atom is 0.107 e. The molecule has 1 aromatic rings. The Morgan fingerprint density at radius 3 is 2.68 bits per heavy atom. The van der Waals surface area contributed by atoms with Crippen LogP contribution in [0.5, 0.6) is 0 Å². The first kappa shape index (κ1) is 11.9. The summed E-state index contributed by atoms with van der Waals surface area (Å²) in [5.74, 6) is 0.704. The van der Waals surface area contributed by atoms with Gasteiger partial charge in [0.05, 0.1) is 0 Å². The van der Waals surface area contributed by atoms with E-state index in [9.17, 15) is 5.11 Å². The number of hydrogen-bond acceptors (Lipinski definition) is 2. The molecule has 2 aliphatic heterocycles. The highest BCUT2D eigenvalue weighted by Gasteiger charge is 2.50. The molecule has 3 aliphatic rings. The molecule has 3 fully saturated rings. The molecule has 2 nitrogen and oxygen atoms in total. The van der Waals surface area contributed by atoms with Crippen LogP contribution < -0.4 is 0 Å². The van der Waals surface area contributed by atoms with Crippen molar-refractivity contribution in [3.63, 3.8) is 0 Å². The van der Waals surface area contributed by atoms with Gasteiger partial charge in [-0.1, -0.05) is 30.7 Å². The van der Waals surface area contributed by atoms with Crippen LogP contribution in [0.4, 0.5) is 0 Å². The molecule has 0 bridgehead atoms. The van der Waals surface area contributed by atoms with E-state index in [1.807, 2.05) is 0 Å². The summed E-state index contributed by atoms with van der Waals surface area (Å²) in [6, 6.07) is 9.06. The van der Waals surface area contributed by atoms with Crippen LogP contribution in [-0.4, -0.2) is 29.1 Å². The van der Waals surface area contributed by atoms with Crippen molar-refractivity contribution in [2.45, 2.75) is 56.1 Å². The lowest BCUT2D eigenvalue weighted by molar-refractivity contribution is 0.00793. The number of aliphatic hydroxyl groups is 1. The van der Waals surface area contributed by atoms with Gasteiger partial charge in [0.1, 0.15) is 5.60 Å². The quantitative estimate of drug-likeness (QED) is 0.880. The molecule has 2 saturated heterocycles. The van der Waals surface area contributed by atoms with Gasteiger partial charge in [-0.2, -0.15) is 0 Å². The number of fused-ring (bicyclic) bond motifs is 1. The van der Waals surface area contributed by atoms with Crippen LogP contribution >= 0.6 is 0 Å². The van der Waals surface area contributed by atoms with Crippen LogP contribution in [0.1, 0.15) is 55.6 Å². The zero-order chi connectivity index (χ0) is 12.9. The van der Waals surface area contributed by atoms with Crippen molar-refractivity contribution in [2.24, 2.45) is 0 Å². The largest absolute Gasteiger partial charge is 0.383 e. The second kappa shape index (κ2) is 4.32. The van der Waals surface area contributed by atoms with Crippen molar-refractivity contribution in [1.82, 2.24) is 4.90 Å². The summed E-state index contributed by atoms with van der Waals surface area (Å²) in [6.45, 7) is 2.25. The molecule has 2 heterocycles. The van der Waals surface area contributed by atoms with Gasteiger partial charge < -0.3 is 5.11 Å². The van der Waals surface area contributed by atoms with Gasteiger partial charge in [0, 0.05) is 12.6 Å². The summed E-state index contributed by atoms with van der Waals surface area (Å²) in [4.78, 5) is 2.50. The second-order valence-corrected chi connectivity index (χ2v) is 6.58. The molecule has 0 amide bonds. The number of benzene rings is 1. The minimum atomic E-state index is -0.581. The van der Waals surface area contributed by atoms with Gasteiger partial charge in [-0.05, 0) is 55.7 Å². The van der Waals surface area contributed by atoms with E-state index >= 15 is 0 Å². The van der Waals surface area contributed by atoms with Gasteiger partial charge in [0.2, 0.25) is 0 Å². The van der Waals surface area contributed by atoms with E-state index in [4.69, 9.17) is 0 Å². The Kier molecular flexibility index (Phi) is 2.71. The third kappa shape index (κ3) is 1.70. The van der Waals surface area contributed by atoms with Gasteiger partial charge in [0.15, 0.2) is 0 Å². The van der Waals surface area contributed by atoms with Crippen molar-refractivity contribution in [2.75, 3.05) is 13.1 Å². The summed E-state index contributed by atoms with van der Waals surface area (Å²) < 4.78 is 0. The van der Waals surface area contributed by atoms with Crippen molar-refractivity contribution in [1.29, 1.82) is 0 Å². The molecule has 1 aromatic carbocycles. The Hall–Kier alpha value is -0.860. The first-order chi connectivity index (χ1) is 9.29. The normalized spacial score (nSPS) is 35.3. The predicted octanol–water partition coefficient (Wildman–Crippen LogP) is 3.01. The maximum absolute atomic E-state index is 11.3. The molecule has 1 aliphatic carbocycles. The monoisotopic (exact) mass is 257 g/mol. The van der Waals surface area contributed by atoms with Crippen LogP contribution in [0.15, 0.2) is 24.3 Å².